The predicted molar refractivity (Wildman–Crippen MR) is 217 cm³/mol. The third-order valence-electron chi connectivity index (χ3n) is 9.21. The highest BCUT2D eigenvalue weighted by molar-refractivity contribution is 5.69. The van der Waals surface area contributed by atoms with Crippen LogP contribution in [0.4, 0.5) is 0 Å². The van der Waals surface area contributed by atoms with Crippen molar-refractivity contribution in [2.45, 2.75) is 206 Å². The Bertz CT molecular complexity index is 923. The van der Waals surface area contributed by atoms with Crippen LogP contribution in [0.5, 0.6) is 0 Å². The summed E-state index contributed by atoms with van der Waals surface area (Å²) >= 11 is 0. The van der Waals surface area contributed by atoms with Crippen molar-refractivity contribution in [1.29, 1.82) is 0 Å². The van der Waals surface area contributed by atoms with Crippen molar-refractivity contribution in [2.24, 2.45) is 5.92 Å². The van der Waals surface area contributed by atoms with Gasteiger partial charge in [-0.1, -0.05) is 172 Å². The lowest BCUT2D eigenvalue weighted by atomic mass is 10.0. The molecule has 0 spiro atoms. The number of ether oxygens (including phenoxy) is 2. The van der Waals surface area contributed by atoms with Crippen LogP contribution in [-0.2, 0) is 19.1 Å². The van der Waals surface area contributed by atoms with Gasteiger partial charge in [-0.15, -0.1) is 0 Å². The molecule has 0 aliphatic carbocycles. The average Bonchev–Trinajstić information content (AvgIpc) is 3.12. The van der Waals surface area contributed by atoms with E-state index in [-0.39, 0.29) is 32.0 Å². The molecule has 7 heteroatoms. The second-order valence-electron chi connectivity index (χ2n) is 14.9. The van der Waals surface area contributed by atoms with Gasteiger partial charge in [-0.05, 0) is 57.3 Å². The van der Waals surface area contributed by atoms with Gasteiger partial charge in [0.15, 0.2) is 0 Å². The number of hydrogen-bond acceptors (Lipinski definition) is 7. The molecule has 0 radical (unpaired) electrons. The molecule has 0 aromatic rings. The van der Waals surface area contributed by atoms with E-state index in [4.69, 9.17) is 9.47 Å². The Hall–Kier alpha value is -2.22. The minimum absolute atomic E-state index is 0.0687. The highest BCUT2D eigenvalue weighted by atomic mass is 16.6. The number of rotatable bonds is 37. The maximum Gasteiger partial charge on any atom is 0.305 e. The smallest absolute Gasteiger partial charge is 0.305 e. The summed E-state index contributed by atoms with van der Waals surface area (Å²) in [5.74, 6) is 0.00826. The van der Waals surface area contributed by atoms with E-state index >= 15 is 0 Å². The zero-order chi connectivity index (χ0) is 38.3. The summed E-state index contributed by atoms with van der Waals surface area (Å²) in [7, 11) is 0. The number of aliphatic hydroxyl groups is 3. The van der Waals surface area contributed by atoms with Crippen molar-refractivity contribution in [3.63, 3.8) is 0 Å². The standard InChI is InChI=1S/C45H80O7/c1-4-5-6-7-8-9-10-18-21-24-27-30-34-42(47)43(48)35-32-37-45(50)52-39-41(46)38-51-44(49)36-31-28-25-22-19-16-14-12-11-13-15-17-20-23-26-29-33-40(2)3/h5-6,8-9,18,21,27,30,40-43,46-48H,4,7,10-17,19-20,22-26,28-29,31-39H2,1-3H3/b6-5-,9-8-,21-18-,30-27-/t41-,42+,43+/m1/s1. The molecule has 3 atom stereocenters. The van der Waals surface area contributed by atoms with Gasteiger partial charge < -0.3 is 24.8 Å². The zero-order valence-electron chi connectivity index (χ0n) is 33.7. The summed E-state index contributed by atoms with van der Waals surface area (Å²) in [5.41, 5.74) is 0. The quantitative estimate of drug-likeness (QED) is 0.0331. The van der Waals surface area contributed by atoms with E-state index in [1.165, 1.54) is 89.9 Å². The van der Waals surface area contributed by atoms with E-state index in [0.29, 0.717) is 19.3 Å². The van der Waals surface area contributed by atoms with Crippen LogP contribution in [0.3, 0.4) is 0 Å². The Labute approximate surface area is 319 Å². The van der Waals surface area contributed by atoms with Crippen LogP contribution < -0.4 is 0 Å². The molecule has 0 aromatic carbocycles. The number of hydrogen-bond donors (Lipinski definition) is 3. The summed E-state index contributed by atoms with van der Waals surface area (Å²) in [6.45, 7) is 6.30. The molecule has 0 amide bonds. The molecule has 0 aliphatic rings. The maximum absolute atomic E-state index is 12.0. The van der Waals surface area contributed by atoms with Crippen molar-refractivity contribution in [3.05, 3.63) is 48.6 Å². The molecular formula is C45H80O7. The topological polar surface area (TPSA) is 113 Å². The highest BCUT2D eigenvalue weighted by Crippen LogP contribution is 2.16. The SMILES string of the molecule is CC/C=C\C/C=C\C/C=C\C/C=C\C[C@H](O)[C@@H](O)CCCC(=O)OC[C@H](O)COC(=O)CCCCCCCCCCCCCCCCCCC(C)C. The van der Waals surface area contributed by atoms with Gasteiger partial charge in [0.05, 0.1) is 12.2 Å². The van der Waals surface area contributed by atoms with Gasteiger partial charge in [0.1, 0.15) is 19.3 Å². The lowest BCUT2D eigenvalue weighted by Crippen LogP contribution is -2.26. The third kappa shape index (κ3) is 37.5. The van der Waals surface area contributed by atoms with E-state index < -0.39 is 24.3 Å². The lowest BCUT2D eigenvalue weighted by molar-refractivity contribution is -0.152. The van der Waals surface area contributed by atoms with Crippen molar-refractivity contribution < 1.29 is 34.4 Å². The summed E-state index contributed by atoms with van der Waals surface area (Å²) < 4.78 is 10.2. The molecule has 3 N–H and O–H groups in total. The first-order valence-electron chi connectivity index (χ1n) is 21.2. The first-order chi connectivity index (χ1) is 25.3. The highest BCUT2D eigenvalue weighted by Gasteiger charge is 2.16. The van der Waals surface area contributed by atoms with Gasteiger partial charge in [-0.2, -0.15) is 0 Å². The van der Waals surface area contributed by atoms with Crippen molar-refractivity contribution in [1.82, 2.24) is 0 Å². The largest absolute Gasteiger partial charge is 0.463 e. The monoisotopic (exact) mass is 733 g/mol. The molecule has 0 saturated carbocycles. The van der Waals surface area contributed by atoms with Crippen LogP contribution in [0.15, 0.2) is 48.6 Å². The zero-order valence-corrected chi connectivity index (χ0v) is 33.7. The number of carbonyl (C=O) groups excluding carboxylic acids is 2. The Balaban J connectivity index is 3.63. The van der Waals surface area contributed by atoms with Crippen LogP contribution in [0.2, 0.25) is 0 Å². The summed E-state index contributed by atoms with van der Waals surface area (Å²) in [5, 5.41) is 30.4. The van der Waals surface area contributed by atoms with Crippen LogP contribution in [-0.4, -0.2) is 58.8 Å². The van der Waals surface area contributed by atoms with E-state index in [2.05, 4.69) is 57.2 Å². The second-order valence-corrected chi connectivity index (χ2v) is 14.9. The molecule has 0 heterocycles. The van der Waals surface area contributed by atoms with Crippen LogP contribution in [0, 0.1) is 5.92 Å². The summed E-state index contributed by atoms with van der Waals surface area (Å²) in [6, 6.07) is 0. The molecule has 0 rings (SSSR count). The van der Waals surface area contributed by atoms with Crippen molar-refractivity contribution >= 4 is 11.9 Å². The number of unbranched alkanes of at least 4 members (excludes halogenated alkanes) is 15. The van der Waals surface area contributed by atoms with Crippen molar-refractivity contribution in [2.75, 3.05) is 13.2 Å². The van der Waals surface area contributed by atoms with Crippen LogP contribution in [0.25, 0.3) is 0 Å². The summed E-state index contributed by atoms with van der Waals surface area (Å²) in [6.07, 6.45) is 40.7. The molecule has 302 valence electrons. The van der Waals surface area contributed by atoms with Gasteiger partial charge in [0, 0.05) is 12.8 Å². The molecular weight excluding hydrogens is 652 g/mol. The fourth-order valence-electron chi connectivity index (χ4n) is 5.89. The van der Waals surface area contributed by atoms with Crippen LogP contribution >= 0.6 is 0 Å². The Morgan fingerprint density at radius 2 is 0.865 bits per heavy atom. The molecule has 0 unspecified atom stereocenters. The lowest BCUT2D eigenvalue weighted by Gasteiger charge is -2.16. The number of aliphatic hydroxyl groups excluding tert-OH is 3. The third-order valence-corrected chi connectivity index (χ3v) is 9.21. The number of esters is 2. The van der Waals surface area contributed by atoms with E-state index in [9.17, 15) is 24.9 Å². The molecule has 7 nitrogen and oxygen atoms in total. The first kappa shape index (κ1) is 49.8. The normalized spacial score (nSPS) is 14.0. The fourth-order valence-corrected chi connectivity index (χ4v) is 5.89. The van der Waals surface area contributed by atoms with Gasteiger partial charge >= 0.3 is 11.9 Å². The molecule has 0 bridgehead atoms. The molecule has 0 aromatic heterocycles. The minimum atomic E-state index is -1.07. The number of carbonyl (C=O) groups is 2. The Morgan fingerprint density at radius 1 is 0.481 bits per heavy atom. The summed E-state index contributed by atoms with van der Waals surface area (Å²) in [4.78, 5) is 24.0. The first-order valence-corrected chi connectivity index (χ1v) is 21.2. The van der Waals surface area contributed by atoms with Crippen LogP contribution in [0.1, 0.15) is 188 Å². The van der Waals surface area contributed by atoms with Gasteiger partial charge in [-0.3, -0.25) is 9.59 Å². The number of allylic oxidation sites excluding steroid dienone is 7. The van der Waals surface area contributed by atoms with E-state index in [0.717, 1.165) is 50.9 Å². The van der Waals surface area contributed by atoms with Gasteiger partial charge in [0.2, 0.25) is 0 Å². The van der Waals surface area contributed by atoms with Gasteiger partial charge in [0.25, 0.3) is 0 Å². The second kappa shape index (κ2) is 38.5. The van der Waals surface area contributed by atoms with E-state index in [1.54, 1.807) is 0 Å². The maximum atomic E-state index is 12.0. The van der Waals surface area contributed by atoms with Crippen molar-refractivity contribution in [3.8, 4) is 0 Å². The molecule has 0 saturated heterocycles. The molecule has 0 fully saturated rings. The Morgan fingerprint density at radius 3 is 1.31 bits per heavy atom. The average molecular weight is 733 g/mol. The molecule has 52 heavy (non-hydrogen) atoms. The predicted octanol–water partition coefficient (Wildman–Crippen LogP) is 11.2. The van der Waals surface area contributed by atoms with E-state index in [1.807, 2.05) is 12.2 Å². The Kier molecular flexibility index (Phi) is 36.9. The van der Waals surface area contributed by atoms with Gasteiger partial charge in [-0.25, -0.2) is 0 Å². The minimum Gasteiger partial charge on any atom is -0.463 e. The fraction of sp³-hybridized carbons (Fsp3) is 0.778. The molecule has 0 aliphatic heterocycles.